The van der Waals surface area contributed by atoms with E-state index in [1.165, 1.54) is 18.3 Å². The van der Waals surface area contributed by atoms with Crippen LogP contribution in [0.2, 0.25) is 0 Å². The first-order valence-corrected chi connectivity index (χ1v) is 7.29. The third-order valence-electron chi connectivity index (χ3n) is 2.59. The van der Waals surface area contributed by atoms with Gasteiger partial charge in [0, 0.05) is 12.5 Å². The molecule has 1 aromatic carbocycles. The van der Waals surface area contributed by atoms with Crippen molar-refractivity contribution in [1.82, 2.24) is 4.98 Å². The lowest BCUT2D eigenvalue weighted by Crippen LogP contribution is -2.08. The highest BCUT2D eigenvalue weighted by molar-refractivity contribution is 7.17. The van der Waals surface area contributed by atoms with Crippen LogP contribution in [0.1, 0.15) is 29.2 Å². The normalized spacial score (nSPS) is 10.2. The zero-order valence-corrected chi connectivity index (χ0v) is 12.6. The van der Waals surface area contributed by atoms with Gasteiger partial charge in [-0.3, -0.25) is 4.79 Å². The van der Waals surface area contributed by atoms with Crippen LogP contribution in [-0.4, -0.2) is 23.5 Å². The molecule has 0 atom stereocenters. The van der Waals surface area contributed by atoms with Gasteiger partial charge in [0.25, 0.3) is 0 Å². The number of ether oxygens (including phenoxy) is 2. The van der Waals surface area contributed by atoms with Crippen LogP contribution in [0.3, 0.4) is 0 Å². The van der Waals surface area contributed by atoms with Gasteiger partial charge in [0.15, 0.2) is 0 Å². The summed E-state index contributed by atoms with van der Waals surface area (Å²) in [7, 11) is 0. The van der Waals surface area contributed by atoms with E-state index in [1.54, 1.807) is 6.92 Å². The molecule has 0 spiro atoms. The van der Waals surface area contributed by atoms with Gasteiger partial charge in [-0.1, -0.05) is 30.3 Å². The predicted octanol–water partition coefficient (Wildman–Crippen LogP) is 3.05. The number of aromatic nitrogens is 1. The first-order valence-electron chi connectivity index (χ1n) is 6.47. The molecule has 0 aliphatic rings. The van der Waals surface area contributed by atoms with E-state index in [0.717, 1.165) is 5.56 Å². The third-order valence-corrected chi connectivity index (χ3v) is 3.72. The number of carbonyl (C=O) groups is 2. The Labute approximate surface area is 126 Å². The van der Waals surface area contributed by atoms with Crippen molar-refractivity contribution in [3.63, 3.8) is 0 Å². The average Bonchev–Trinajstić information content (AvgIpc) is 2.90. The Morgan fingerprint density at radius 2 is 1.90 bits per heavy atom. The largest absolute Gasteiger partial charge is 0.462 e. The maximum atomic E-state index is 12.0. The van der Waals surface area contributed by atoms with Crippen molar-refractivity contribution in [1.29, 1.82) is 0 Å². The van der Waals surface area contributed by atoms with Crippen LogP contribution in [0.4, 0.5) is 0 Å². The maximum absolute atomic E-state index is 12.0. The lowest BCUT2D eigenvalue weighted by molar-refractivity contribution is -0.142. The van der Waals surface area contributed by atoms with Crippen LogP contribution in [0, 0.1) is 0 Å². The second kappa shape index (κ2) is 6.99. The van der Waals surface area contributed by atoms with E-state index in [0.29, 0.717) is 15.6 Å². The number of hydrogen-bond donors (Lipinski definition) is 0. The van der Waals surface area contributed by atoms with Gasteiger partial charge in [-0.15, -0.1) is 11.3 Å². The van der Waals surface area contributed by atoms with E-state index >= 15 is 0 Å². The summed E-state index contributed by atoms with van der Waals surface area (Å²) in [6.45, 7) is 3.30. The predicted molar refractivity (Wildman–Crippen MR) is 79.0 cm³/mol. The Kier molecular flexibility index (Phi) is 5.05. The van der Waals surface area contributed by atoms with Crippen LogP contribution >= 0.6 is 11.3 Å². The summed E-state index contributed by atoms with van der Waals surface area (Å²) in [4.78, 5) is 27.7. The van der Waals surface area contributed by atoms with Crippen molar-refractivity contribution >= 4 is 23.3 Å². The van der Waals surface area contributed by atoms with Gasteiger partial charge in [0.2, 0.25) is 0 Å². The first-order chi connectivity index (χ1) is 10.1. The van der Waals surface area contributed by atoms with Gasteiger partial charge >= 0.3 is 11.9 Å². The van der Waals surface area contributed by atoms with Gasteiger partial charge in [-0.05, 0) is 6.92 Å². The average molecular weight is 305 g/mol. The number of carbonyl (C=O) groups excluding carboxylic acids is 2. The number of benzene rings is 1. The molecule has 5 nitrogen and oxygen atoms in total. The van der Waals surface area contributed by atoms with E-state index in [4.69, 9.17) is 9.47 Å². The molecule has 110 valence electrons. The van der Waals surface area contributed by atoms with Crippen LogP contribution in [-0.2, 0) is 20.9 Å². The highest BCUT2D eigenvalue weighted by atomic mass is 32.1. The molecule has 2 aromatic rings. The van der Waals surface area contributed by atoms with Crippen molar-refractivity contribution in [2.24, 2.45) is 0 Å². The van der Waals surface area contributed by atoms with Gasteiger partial charge in [0.1, 0.15) is 22.2 Å². The van der Waals surface area contributed by atoms with Crippen molar-refractivity contribution in [3.8, 4) is 10.6 Å². The Morgan fingerprint density at radius 3 is 2.52 bits per heavy atom. The monoisotopic (exact) mass is 305 g/mol. The highest BCUT2D eigenvalue weighted by Crippen LogP contribution is 2.29. The van der Waals surface area contributed by atoms with E-state index < -0.39 is 11.9 Å². The summed E-state index contributed by atoms with van der Waals surface area (Å²) in [5, 5.41) is 0.695. The third kappa shape index (κ3) is 3.88. The fraction of sp³-hybridized carbons (Fsp3) is 0.267. The minimum absolute atomic E-state index is 0.0349. The molecule has 0 unspecified atom stereocenters. The Morgan fingerprint density at radius 1 is 1.19 bits per heavy atom. The standard InChI is InChI=1S/C15H15NO4S/c1-3-19-15(18)13-12(9-20-10(2)17)16-14(21-13)11-7-5-4-6-8-11/h4-8H,3,9H2,1-2H3. The van der Waals surface area contributed by atoms with E-state index in [-0.39, 0.29) is 13.2 Å². The second-order valence-corrected chi connectivity index (χ2v) is 5.16. The number of hydrogen-bond acceptors (Lipinski definition) is 6. The number of nitrogens with zero attached hydrogens (tertiary/aromatic N) is 1. The molecule has 0 saturated heterocycles. The number of rotatable bonds is 5. The molecule has 0 N–H and O–H groups in total. The summed E-state index contributed by atoms with van der Waals surface area (Å²) in [5.74, 6) is -0.863. The summed E-state index contributed by atoms with van der Waals surface area (Å²) in [6.07, 6.45) is 0. The molecule has 1 aromatic heterocycles. The Hall–Kier alpha value is -2.21. The van der Waals surface area contributed by atoms with E-state index in [2.05, 4.69) is 4.98 Å². The van der Waals surface area contributed by atoms with Gasteiger partial charge in [-0.25, -0.2) is 9.78 Å². The molecule has 0 radical (unpaired) electrons. The lowest BCUT2D eigenvalue weighted by atomic mass is 10.2. The van der Waals surface area contributed by atoms with Crippen LogP contribution < -0.4 is 0 Å². The van der Waals surface area contributed by atoms with E-state index in [1.807, 2.05) is 30.3 Å². The van der Waals surface area contributed by atoms with Crippen LogP contribution in [0.5, 0.6) is 0 Å². The fourth-order valence-electron chi connectivity index (χ4n) is 1.68. The number of esters is 2. The molecular weight excluding hydrogens is 290 g/mol. The molecule has 1 heterocycles. The lowest BCUT2D eigenvalue weighted by Gasteiger charge is -2.02. The molecule has 0 aliphatic carbocycles. The zero-order chi connectivity index (χ0) is 15.2. The summed E-state index contributed by atoms with van der Waals surface area (Å²) >= 11 is 1.24. The molecule has 21 heavy (non-hydrogen) atoms. The molecule has 2 rings (SSSR count). The van der Waals surface area contributed by atoms with Crippen molar-refractivity contribution in [2.75, 3.05) is 6.61 Å². The smallest absolute Gasteiger partial charge is 0.350 e. The highest BCUT2D eigenvalue weighted by Gasteiger charge is 2.20. The van der Waals surface area contributed by atoms with Crippen molar-refractivity contribution in [2.45, 2.75) is 20.5 Å². The Bertz CT molecular complexity index is 636. The van der Waals surface area contributed by atoms with E-state index in [9.17, 15) is 9.59 Å². The van der Waals surface area contributed by atoms with Crippen molar-refractivity contribution in [3.05, 3.63) is 40.9 Å². The second-order valence-electron chi connectivity index (χ2n) is 4.16. The maximum Gasteiger partial charge on any atom is 0.350 e. The SMILES string of the molecule is CCOC(=O)c1sc(-c2ccccc2)nc1COC(C)=O. The zero-order valence-electron chi connectivity index (χ0n) is 11.8. The minimum atomic E-state index is -0.445. The summed E-state index contributed by atoms with van der Waals surface area (Å²) in [5.41, 5.74) is 1.33. The van der Waals surface area contributed by atoms with Gasteiger partial charge < -0.3 is 9.47 Å². The minimum Gasteiger partial charge on any atom is -0.462 e. The molecule has 0 amide bonds. The molecular formula is C15H15NO4S. The van der Waals surface area contributed by atoms with Crippen LogP contribution in [0.25, 0.3) is 10.6 Å². The number of thiazole rings is 1. The molecule has 0 fully saturated rings. The molecule has 0 aliphatic heterocycles. The Balaban J connectivity index is 2.34. The quantitative estimate of drug-likeness (QED) is 0.794. The summed E-state index contributed by atoms with van der Waals surface area (Å²) < 4.78 is 9.96. The summed E-state index contributed by atoms with van der Waals surface area (Å²) in [6, 6.07) is 9.51. The molecule has 0 bridgehead atoms. The topological polar surface area (TPSA) is 65.5 Å². The van der Waals surface area contributed by atoms with Gasteiger partial charge in [0.05, 0.1) is 6.61 Å². The van der Waals surface area contributed by atoms with Crippen molar-refractivity contribution < 1.29 is 19.1 Å². The van der Waals surface area contributed by atoms with Gasteiger partial charge in [-0.2, -0.15) is 0 Å². The van der Waals surface area contributed by atoms with Crippen LogP contribution in [0.15, 0.2) is 30.3 Å². The molecule has 6 heteroatoms. The first kappa shape index (κ1) is 15.2. The molecule has 0 saturated carbocycles. The fourth-order valence-corrected chi connectivity index (χ4v) is 2.65.